The molecule has 8 heteroatoms. The van der Waals surface area contributed by atoms with Crippen LogP contribution in [0.25, 0.3) is 11.4 Å². The Morgan fingerprint density at radius 1 is 1.23 bits per heavy atom. The Labute approximate surface area is 160 Å². The molecule has 1 aromatic heterocycles. The Bertz CT molecular complexity index is 943. The highest BCUT2D eigenvalue weighted by atomic mass is 35.5. The molecule has 3 rings (SSSR count). The first-order chi connectivity index (χ1) is 12.5. The van der Waals surface area contributed by atoms with Crippen LogP contribution in [0, 0.1) is 0 Å². The zero-order valence-corrected chi connectivity index (χ0v) is 15.6. The minimum absolute atomic E-state index is 0.148. The summed E-state index contributed by atoms with van der Waals surface area (Å²) in [6.45, 7) is 0.148. The van der Waals surface area contributed by atoms with Crippen molar-refractivity contribution in [1.82, 2.24) is 15.0 Å². The third-order valence-electron chi connectivity index (χ3n) is 3.68. The van der Waals surface area contributed by atoms with Crippen molar-refractivity contribution in [3.63, 3.8) is 0 Å². The molecule has 0 aliphatic heterocycles. The van der Waals surface area contributed by atoms with E-state index in [4.69, 9.17) is 32.5 Å². The van der Waals surface area contributed by atoms with Crippen molar-refractivity contribution >= 4 is 29.1 Å². The van der Waals surface area contributed by atoms with Gasteiger partial charge in [0, 0.05) is 17.6 Å². The molecular weight excluding hydrogens is 377 g/mol. The summed E-state index contributed by atoms with van der Waals surface area (Å²) >= 11 is 12.0. The minimum atomic E-state index is -0.271. The van der Waals surface area contributed by atoms with E-state index in [2.05, 4.69) is 10.1 Å². The average Bonchev–Trinajstić information content (AvgIpc) is 3.09. The van der Waals surface area contributed by atoms with Crippen molar-refractivity contribution in [1.29, 1.82) is 0 Å². The van der Waals surface area contributed by atoms with E-state index in [1.807, 2.05) is 18.2 Å². The molecule has 2 aromatic carbocycles. The molecule has 0 saturated carbocycles. The molecule has 1 amide bonds. The largest absolute Gasteiger partial charge is 0.497 e. The summed E-state index contributed by atoms with van der Waals surface area (Å²) in [6, 6.07) is 12.0. The first-order valence-electron chi connectivity index (χ1n) is 7.65. The maximum Gasteiger partial charge on any atom is 0.255 e. The lowest BCUT2D eigenvalue weighted by Gasteiger charge is -2.15. The van der Waals surface area contributed by atoms with Gasteiger partial charge < -0.3 is 14.2 Å². The fourth-order valence-corrected chi connectivity index (χ4v) is 2.83. The summed E-state index contributed by atoms with van der Waals surface area (Å²) in [5, 5.41) is 4.71. The summed E-state index contributed by atoms with van der Waals surface area (Å²) in [4.78, 5) is 18.3. The van der Waals surface area contributed by atoms with Gasteiger partial charge in [-0.25, -0.2) is 0 Å². The van der Waals surface area contributed by atoms with Crippen LogP contribution in [0.4, 0.5) is 0 Å². The molecular formula is C18H15Cl2N3O3. The topological polar surface area (TPSA) is 68.5 Å². The predicted octanol–water partition coefficient (Wildman–Crippen LogP) is 4.32. The van der Waals surface area contributed by atoms with E-state index < -0.39 is 0 Å². The van der Waals surface area contributed by atoms with E-state index in [0.29, 0.717) is 28.1 Å². The lowest BCUT2D eigenvalue weighted by Crippen LogP contribution is -2.26. The number of benzene rings is 2. The second-order valence-electron chi connectivity index (χ2n) is 5.53. The fraction of sp³-hybridized carbons (Fsp3) is 0.167. The number of halogens is 2. The molecule has 0 atom stereocenters. The summed E-state index contributed by atoms with van der Waals surface area (Å²) in [5.74, 6) is 1.15. The van der Waals surface area contributed by atoms with Crippen LogP contribution < -0.4 is 4.74 Å². The molecule has 26 heavy (non-hydrogen) atoms. The molecule has 0 spiro atoms. The van der Waals surface area contributed by atoms with Crippen LogP contribution in [-0.2, 0) is 6.54 Å². The third-order valence-corrected chi connectivity index (χ3v) is 4.22. The van der Waals surface area contributed by atoms with E-state index in [1.165, 1.54) is 11.0 Å². The molecule has 0 radical (unpaired) electrons. The number of carbonyl (C=O) groups is 1. The molecule has 0 unspecified atom stereocenters. The SMILES string of the molecule is COc1cccc(-c2noc(CN(C)C(=O)c3ccc(Cl)cc3Cl)n2)c1. The minimum Gasteiger partial charge on any atom is -0.497 e. The monoisotopic (exact) mass is 391 g/mol. The van der Waals surface area contributed by atoms with Gasteiger partial charge in [-0.3, -0.25) is 4.79 Å². The van der Waals surface area contributed by atoms with Gasteiger partial charge in [-0.05, 0) is 30.3 Å². The Morgan fingerprint density at radius 3 is 2.77 bits per heavy atom. The zero-order valence-electron chi connectivity index (χ0n) is 14.1. The van der Waals surface area contributed by atoms with Crippen molar-refractivity contribution < 1.29 is 14.1 Å². The normalized spacial score (nSPS) is 10.6. The van der Waals surface area contributed by atoms with Crippen molar-refractivity contribution in [2.24, 2.45) is 0 Å². The molecule has 134 valence electrons. The van der Waals surface area contributed by atoms with Gasteiger partial charge in [0.05, 0.1) is 24.2 Å². The van der Waals surface area contributed by atoms with Gasteiger partial charge in [-0.1, -0.05) is 40.5 Å². The van der Waals surface area contributed by atoms with Crippen LogP contribution in [0.2, 0.25) is 10.0 Å². The Kier molecular flexibility index (Phi) is 5.44. The van der Waals surface area contributed by atoms with Gasteiger partial charge in [0.15, 0.2) is 0 Å². The second-order valence-corrected chi connectivity index (χ2v) is 6.37. The van der Waals surface area contributed by atoms with Crippen molar-refractivity contribution in [3.05, 3.63) is 64.0 Å². The highest BCUT2D eigenvalue weighted by molar-refractivity contribution is 6.36. The van der Waals surface area contributed by atoms with Gasteiger partial charge in [0.2, 0.25) is 11.7 Å². The molecule has 0 N–H and O–H groups in total. The number of rotatable bonds is 5. The molecule has 0 saturated heterocycles. The zero-order chi connectivity index (χ0) is 18.7. The van der Waals surface area contributed by atoms with Crippen LogP contribution in [0.3, 0.4) is 0 Å². The first-order valence-corrected chi connectivity index (χ1v) is 8.41. The molecule has 0 aliphatic carbocycles. The number of aromatic nitrogens is 2. The Balaban J connectivity index is 1.74. The Hall–Kier alpha value is -2.57. The number of ether oxygens (including phenoxy) is 1. The van der Waals surface area contributed by atoms with E-state index in [9.17, 15) is 4.79 Å². The fourth-order valence-electron chi connectivity index (χ4n) is 2.34. The van der Waals surface area contributed by atoms with Crippen LogP contribution in [0.15, 0.2) is 47.0 Å². The first kappa shape index (κ1) is 18.2. The summed E-state index contributed by atoms with van der Waals surface area (Å²) < 4.78 is 10.4. The summed E-state index contributed by atoms with van der Waals surface area (Å²) in [7, 11) is 3.21. The highest BCUT2D eigenvalue weighted by Gasteiger charge is 2.18. The molecule has 6 nitrogen and oxygen atoms in total. The lowest BCUT2D eigenvalue weighted by atomic mass is 10.2. The number of amides is 1. The van der Waals surface area contributed by atoms with Crippen LogP contribution >= 0.6 is 23.2 Å². The van der Waals surface area contributed by atoms with Crippen molar-refractivity contribution in [3.8, 4) is 17.1 Å². The molecule has 0 fully saturated rings. The predicted molar refractivity (Wildman–Crippen MR) is 98.5 cm³/mol. The number of hydrogen-bond acceptors (Lipinski definition) is 5. The molecule has 1 heterocycles. The van der Waals surface area contributed by atoms with Gasteiger partial charge >= 0.3 is 0 Å². The standard InChI is InChI=1S/C18H15Cl2N3O3/c1-23(18(24)14-7-6-12(19)9-15(14)20)10-16-21-17(22-26-16)11-4-3-5-13(8-11)25-2/h3-9H,10H2,1-2H3. The van der Waals surface area contributed by atoms with Crippen LogP contribution in [-0.4, -0.2) is 35.1 Å². The van der Waals surface area contributed by atoms with E-state index in [-0.39, 0.29) is 17.5 Å². The number of nitrogens with zero attached hydrogens (tertiary/aromatic N) is 3. The maximum absolute atomic E-state index is 12.5. The van der Waals surface area contributed by atoms with Crippen molar-refractivity contribution in [2.75, 3.05) is 14.2 Å². The second kappa shape index (κ2) is 7.76. The van der Waals surface area contributed by atoms with E-state index in [0.717, 1.165) is 5.56 Å². The number of hydrogen-bond donors (Lipinski definition) is 0. The summed E-state index contributed by atoms with van der Waals surface area (Å²) in [6.07, 6.45) is 0. The lowest BCUT2D eigenvalue weighted by molar-refractivity contribution is 0.0770. The molecule has 0 aliphatic rings. The molecule has 0 bridgehead atoms. The van der Waals surface area contributed by atoms with Crippen LogP contribution in [0.5, 0.6) is 5.75 Å². The highest BCUT2D eigenvalue weighted by Crippen LogP contribution is 2.24. The smallest absolute Gasteiger partial charge is 0.255 e. The van der Waals surface area contributed by atoms with Crippen LogP contribution in [0.1, 0.15) is 16.2 Å². The van der Waals surface area contributed by atoms with Gasteiger partial charge in [-0.2, -0.15) is 4.98 Å². The quantitative estimate of drug-likeness (QED) is 0.647. The van der Waals surface area contributed by atoms with E-state index in [1.54, 1.807) is 32.4 Å². The number of methoxy groups -OCH3 is 1. The third kappa shape index (κ3) is 3.98. The average molecular weight is 392 g/mol. The van der Waals surface area contributed by atoms with Crippen molar-refractivity contribution in [2.45, 2.75) is 6.54 Å². The molecule has 3 aromatic rings. The summed E-state index contributed by atoms with van der Waals surface area (Å²) in [5.41, 5.74) is 1.11. The van der Waals surface area contributed by atoms with Gasteiger partial charge in [0.1, 0.15) is 5.75 Å². The maximum atomic E-state index is 12.5. The Morgan fingerprint density at radius 2 is 2.04 bits per heavy atom. The van der Waals surface area contributed by atoms with E-state index >= 15 is 0 Å². The van der Waals surface area contributed by atoms with Gasteiger partial charge in [-0.15, -0.1) is 0 Å². The number of carbonyl (C=O) groups excluding carboxylic acids is 1. The van der Waals surface area contributed by atoms with Gasteiger partial charge in [0.25, 0.3) is 5.91 Å².